The Bertz CT molecular complexity index is 780. The SMILES string of the molecule is [CH2-][NH2+]c1c(O)cccc1C=C(O)C(=O)NC=Cc1ccc(O)cc1. The summed E-state index contributed by atoms with van der Waals surface area (Å²) in [4.78, 5) is 11.9. The Morgan fingerprint density at radius 3 is 2.50 bits per heavy atom. The molecule has 0 spiro atoms. The molecule has 2 rings (SSSR count). The van der Waals surface area contributed by atoms with Crippen molar-refractivity contribution in [3.63, 3.8) is 0 Å². The molecule has 0 aliphatic carbocycles. The standard InChI is InChI=1S/C18H18N2O4/c1-19-17-13(3-2-4-15(17)22)11-16(23)18(24)20-10-9-12-5-7-14(21)8-6-12/h2-11,21-23H,1,19H2,(H,20,24). The Morgan fingerprint density at radius 1 is 1.12 bits per heavy atom. The summed E-state index contributed by atoms with van der Waals surface area (Å²) < 4.78 is 0. The Labute approximate surface area is 139 Å². The topological polar surface area (TPSA) is 106 Å². The quantitative estimate of drug-likeness (QED) is 0.190. The largest absolute Gasteiger partial charge is 0.508 e. The Hall–Kier alpha value is -3.25. The molecule has 24 heavy (non-hydrogen) atoms. The molecule has 0 fully saturated rings. The van der Waals surface area contributed by atoms with Crippen LogP contribution in [-0.4, -0.2) is 21.2 Å². The van der Waals surface area contributed by atoms with Crippen molar-refractivity contribution >= 4 is 23.7 Å². The maximum atomic E-state index is 11.9. The molecule has 124 valence electrons. The van der Waals surface area contributed by atoms with E-state index in [1.54, 1.807) is 30.3 Å². The molecular formula is C18H18N2O4. The lowest BCUT2D eigenvalue weighted by atomic mass is 10.1. The van der Waals surface area contributed by atoms with Gasteiger partial charge < -0.3 is 26.0 Å². The molecule has 1 amide bonds. The molecule has 6 heteroatoms. The average Bonchev–Trinajstić information content (AvgIpc) is 2.56. The fourth-order valence-electron chi connectivity index (χ4n) is 2.00. The number of hydrogen-bond donors (Lipinski definition) is 5. The number of carbonyl (C=O) groups excluding carboxylic acids is 1. The van der Waals surface area contributed by atoms with Crippen molar-refractivity contribution in [3.05, 3.63) is 72.6 Å². The van der Waals surface area contributed by atoms with Crippen LogP contribution in [0.1, 0.15) is 11.1 Å². The molecule has 0 saturated carbocycles. The number of aliphatic hydroxyl groups excluding tert-OH is 1. The molecule has 0 saturated heterocycles. The smallest absolute Gasteiger partial charge is 0.290 e. The number of nitrogens with one attached hydrogen (secondary N) is 1. The van der Waals surface area contributed by atoms with Gasteiger partial charge in [0.15, 0.2) is 17.2 Å². The Balaban J connectivity index is 2.06. The zero-order valence-corrected chi connectivity index (χ0v) is 12.8. The van der Waals surface area contributed by atoms with Crippen molar-refractivity contribution in [3.8, 4) is 11.5 Å². The van der Waals surface area contributed by atoms with Crippen LogP contribution in [0.4, 0.5) is 5.69 Å². The predicted octanol–water partition coefficient (Wildman–Crippen LogP) is 1.77. The lowest BCUT2D eigenvalue weighted by Crippen LogP contribution is -2.70. The first-order valence-corrected chi connectivity index (χ1v) is 7.13. The highest BCUT2D eigenvalue weighted by Gasteiger charge is 2.10. The van der Waals surface area contributed by atoms with Crippen molar-refractivity contribution in [1.29, 1.82) is 0 Å². The van der Waals surface area contributed by atoms with E-state index in [0.29, 0.717) is 11.3 Å². The molecule has 6 N–H and O–H groups in total. The molecule has 2 aromatic rings. The summed E-state index contributed by atoms with van der Waals surface area (Å²) in [5.74, 6) is -1.03. The summed E-state index contributed by atoms with van der Waals surface area (Å²) in [7, 11) is 3.59. The molecule has 0 radical (unpaired) electrons. The number of para-hydroxylation sites is 1. The van der Waals surface area contributed by atoms with Crippen LogP contribution in [0.5, 0.6) is 11.5 Å². The minimum atomic E-state index is -0.691. The third-order valence-electron chi connectivity index (χ3n) is 3.23. The first-order valence-electron chi connectivity index (χ1n) is 7.13. The number of aromatic hydroxyl groups is 2. The van der Waals surface area contributed by atoms with E-state index in [1.165, 1.54) is 35.8 Å². The summed E-state index contributed by atoms with van der Waals surface area (Å²) in [6.45, 7) is 0. The van der Waals surface area contributed by atoms with Gasteiger partial charge in [0.05, 0.1) is 0 Å². The first kappa shape index (κ1) is 17.1. The lowest BCUT2D eigenvalue weighted by Gasteiger charge is -2.07. The van der Waals surface area contributed by atoms with Crippen LogP contribution < -0.4 is 10.6 Å². The highest BCUT2D eigenvalue weighted by atomic mass is 16.3. The zero-order valence-electron chi connectivity index (χ0n) is 12.8. The Morgan fingerprint density at radius 2 is 1.83 bits per heavy atom. The van der Waals surface area contributed by atoms with Crippen LogP contribution in [-0.2, 0) is 4.79 Å². The Kier molecular flexibility index (Phi) is 5.59. The average molecular weight is 326 g/mol. The maximum Gasteiger partial charge on any atom is 0.290 e. The van der Waals surface area contributed by atoms with Crippen molar-refractivity contribution < 1.29 is 25.4 Å². The van der Waals surface area contributed by atoms with Gasteiger partial charge in [-0.1, -0.05) is 18.2 Å². The number of rotatable bonds is 5. The van der Waals surface area contributed by atoms with Gasteiger partial charge in [0.25, 0.3) is 5.91 Å². The van der Waals surface area contributed by atoms with Gasteiger partial charge in [-0.05, 0) is 42.0 Å². The molecule has 0 aromatic heterocycles. The summed E-state index contributed by atoms with van der Waals surface area (Å²) >= 11 is 0. The number of quaternary nitrogens is 1. The van der Waals surface area contributed by atoms with E-state index in [2.05, 4.69) is 12.4 Å². The molecule has 0 unspecified atom stereocenters. The van der Waals surface area contributed by atoms with Gasteiger partial charge in [-0.3, -0.25) is 4.79 Å². The minimum Gasteiger partial charge on any atom is -0.508 e. The van der Waals surface area contributed by atoms with Crippen molar-refractivity contribution in [2.24, 2.45) is 0 Å². The minimum absolute atomic E-state index is 0.0131. The summed E-state index contributed by atoms with van der Waals surface area (Å²) in [6.07, 6.45) is 4.25. The number of amides is 1. The lowest BCUT2D eigenvalue weighted by molar-refractivity contribution is -0.505. The maximum absolute atomic E-state index is 11.9. The van der Waals surface area contributed by atoms with Crippen molar-refractivity contribution in [2.75, 3.05) is 0 Å². The molecule has 0 aliphatic rings. The van der Waals surface area contributed by atoms with Crippen LogP contribution >= 0.6 is 0 Å². The van der Waals surface area contributed by atoms with E-state index >= 15 is 0 Å². The van der Waals surface area contributed by atoms with Gasteiger partial charge in [-0.2, -0.15) is 0 Å². The van der Waals surface area contributed by atoms with Crippen LogP contribution in [0.25, 0.3) is 12.2 Å². The number of aliphatic hydroxyl groups is 1. The first-order chi connectivity index (χ1) is 11.5. The van der Waals surface area contributed by atoms with Gasteiger partial charge >= 0.3 is 0 Å². The number of benzene rings is 2. The van der Waals surface area contributed by atoms with Crippen molar-refractivity contribution in [2.45, 2.75) is 0 Å². The van der Waals surface area contributed by atoms with Gasteiger partial charge in [0.2, 0.25) is 0 Å². The van der Waals surface area contributed by atoms with Gasteiger partial charge in [0.1, 0.15) is 5.75 Å². The monoisotopic (exact) mass is 326 g/mol. The second kappa shape index (κ2) is 7.85. The van der Waals surface area contributed by atoms with Crippen molar-refractivity contribution in [1.82, 2.24) is 5.32 Å². The van der Waals surface area contributed by atoms with Crippen LogP contribution in [0.15, 0.2) is 54.4 Å². The molecule has 0 bridgehead atoms. The van der Waals surface area contributed by atoms with E-state index in [9.17, 15) is 20.1 Å². The molecule has 2 aromatic carbocycles. The predicted molar refractivity (Wildman–Crippen MR) is 90.9 cm³/mol. The third kappa shape index (κ3) is 4.37. The summed E-state index contributed by atoms with van der Waals surface area (Å²) in [5.41, 5.74) is 1.68. The van der Waals surface area contributed by atoms with E-state index < -0.39 is 11.7 Å². The zero-order chi connectivity index (χ0) is 17.5. The second-order valence-electron chi connectivity index (χ2n) is 4.91. The van der Waals surface area contributed by atoms with E-state index in [-0.39, 0.29) is 11.5 Å². The fraction of sp³-hybridized carbons (Fsp3) is 0. The normalized spacial score (nSPS) is 11.6. The van der Waals surface area contributed by atoms with Gasteiger partial charge in [-0.15, -0.1) is 7.05 Å². The van der Waals surface area contributed by atoms with Crippen LogP contribution in [0, 0.1) is 7.05 Å². The summed E-state index contributed by atoms with van der Waals surface area (Å²) in [6, 6.07) is 11.1. The summed E-state index contributed by atoms with van der Waals surface area (Å²) in [5, 5.41) is 32.7. The fourth-order valence-corrected chi connectivity index (χ4v) is 2.00. The third-order valence-corrected chi connectivity index (χ3v) is 3.23. The molecule has 0 heterocycles. The highest BCUT2D eigenvalue weighted by molar-refractivity contribution is 5.96. The van der Waals surface area contributed by atoms with Gasteiger partial charge in [0, 0.05) is 11.8 Å². The molecule has 0 aliphatic heterocycles. The highest BCUT2D eigenvalue weighted by Crippen LogP contribution is 2.24. The van der Waals surface area contributed by atoms with E-state index in [4.69, 9.17) is 0 Å². The van der Waals surface area contributed by atoms with E-state index in [1.807, 2.05) is 0 Å². The van der Waals surface area contributed by atoms with Crippen LogP contribution in [0.2, 0.25) is 0 Å². The molecule has 0 atom stereocenters. The van der Waals surface area contributed by atoms with Crippen LogP contribution in [0.3, 0.4) is 0 Å². The number of carbonyl (C=O) groups is 1. The number of phenolic OH excluding ortho intramolecular Hbond substituents is 2. The molecular weight excluding hydrogens is 308 g/mol. The van der Waals surface area contributed by atoms with Gasteiger partial charge in [-0.25, -0.2) is 0 Å². The number of phenols is 2. The number of hydrogen-bond acceptors (Lipinski definition) is 4. The molecule has 6 nitrogen and oxygen atoms in total. The number of nitrogens with two attached hydrogens (primary N) is 1. The second-order valence-corrected chi connectivity index (χ2v) is 4.91. The van der Waals surface area contributed by atoms with E-state index in [0.717, 1.165) is 5.56 Å².